The second-order valence-corrected chi connectivity index (χ2v) is 4.63. The van der Waals surface area contributed by atoms with Crippen LogP contribution in [0.4, 0.5) is 0 Å². The Balaban J connectivity index is 2.59. The van der Waals surface area contributed by atoms with Crippen LogP contribution < -0.4 is 0 Å². The highest BCUT2D eigenvalue weighted by molar-refractivity contribution is 9.10. The second kappa shape index (κ2) is 3.52. The van der Waals surface area contributed by atoms with E-state index < -0.39 is 0 Å². The molecule has 0 bridgehead atoms. The maximum Gasteiger partial charge on any atom is 0.0854 e. The van der Waals surface area contributed by atoms with Gasteiger partial charge >= 0.3 is 0 Å². The van der Waals surface area contributed by atoms with E-state index >= 15 is 0 Å². The van der Waals surface area contributed by atoms with E-state index in [0.29, 0.717) is 0 Å². The summed E-state index contributed by atoms with van der Waals surface area (Å²) in [6.07, 6.45) is 1.81. The van der Waals surface area contributed by atoms with Crippen molar-refractivity contribution < 1.29 is 0 Å². The highest BCUT2D eigenvalue weighted by Gasteiger charge is 2.06. The molecule has 3 heteroatoms. The van der Waals surface area contributed by atoms with Crippen molar-refractivity contribution >= 4 is 37.7 Å². The van der Waals surface area contributed by atoms with Gasteiger partial charge < -0.3 is 0 Å². The van der Waals surface area contributed by atoms with Crippen LogP contribution in [0.15, 0.2) is 41.0 Å². The first-order valence-corrected chi connectivity index (χ1v) is 5.85. The summed E-state index contributed by atoms with van der Waals surface area (Å²) in [6, 6.07) is 10.2. The topological polar surface area (TPSA) is 25.8 Å². The van der Waals surface area contributed by atoms with E-state index in [1.807, 2.05) is 31.3 Å². The summed E-state index contributed by atoms with van der Waals surface area (Å²) >= 11 is 3.55. The summed E-state index contributed by atoms with van der Waals surface area (Å²) in [5, 5.41) is 2.29. The molecular weight excluding hydrogens is 264 g/mol. The molecule has 0 saturated heterocycles. The van der Waals surface area contributed by atoms with E-state index in [2.05, 4.69) is 38.0 Å². The van der Waals surface area contributed by atoms with Crippen LogP contribution in [0.1, 0.15) is 5.69 Å². The van der Waals surface area contributed by atoms with E-state index in [1.165, 1.54) is 0 Å². The van der Waals surface area contributed by atoms with Crippen molar-refractivity contribution in [3.05, 3.63) is 46.7 Å². The lowest BCUT2D eigenvalue weighted by atomic mass is 10.1. The average Bonchev–Trinajstić information content (AvgIpc) is 2.29. The fraction of sp³-hybridized carbons (Fsp3) is 0.0769. The van der Waals surface area contributed by atoms with Gasteiger partial charge in [0.25, 0.3) is 0 Å². The van der Waals surface area contributed by atoms with E-state index in [4.69, 9.17) is 0 Å². The number of aryl methyl sites for hydroxylation is 1. The molecule has 0 radical (unpaired) electrons. The van der Waals surface area contributed by atoms with Crippen molar-refractivity contribution in [3.8, 4) is 0 Å². The van der Waals surface area contributed by atoms with Crippen LogP contribution in [-0.4, -0.2) is 9.97 Å². The SMILES string of the molecule is Cc1ccc2c(n1)c(Br)cc1ncccc12. The smallest absolute Gasteiger partial charge is 0.0854 e. The third-order valence-corrected chi connectivity index (χ3v) is 3.26. The quantitative estimate of drug-likeness (QED) is 0.581. The third-order valence-electron chi connectivity index (χ3n) is 2.65. The van der Waals surface area contributed by atoms with Gasteiger partial charge in [-0.1, -0.05) is 12.1 Å². The standard InChI is InChI=1S/C13H9BrN2/c1-8-4-5-10-9-3-2-6-15-12(9)7-11(14)13(10)16-8/h2-7H,1H3. The molecule has 0 N–H and O–H groups in total. The second-order valence-electron chi connectivity index (χ2n) is 3.78. The van der Waals surface area contributed by atoms with Gasteiger partial charge in [-0.15, -0.1) is 0 Å². The number of fused-ring (bicyclic) bond motifs is 3. The van der Waals surface area contributed by atoms with Crippen LogP contribution in [0.3, 0.4) is 0 Å². The number of benzene rings is 1. The lowest BCUT2D eigenvalue weighted by Gasteiger charge is -2.05. The number of nitrogens with zero attached hydrogens (tertiary/aromatic N) is 2. The Morgan fingerprint density at radius 3 is 2.88 bits per heavy atom. The molecule has 78 valence electrons. The summed E-state index contributed by atoms with van der Waals surface area (Å²) in [5.74, 6) is 0. The molecule has 2 aromatic heterocycles. The van der Waals surface area contributed by atoms with Crippen molar-refractivity contribution in [2.75, 3.05) is 0 Å². The van der Waals surface area contributed by atoms with Crippen molar-refractivity contribution in [2.24, 2.45) is 0 Å². The Hall–Kier alpha value is -1.48. The van der Waals surface area contributed by atoms with Crippen molar-refractivity contribution in [1.82, 2.24) is 9.97 Å². The number of hydrogen-bond acceptors (Lipinski definition) is 2. The molecule has 0 amide bonds. The molecule has 0 aliphatic carbocycles. The first kappa shape index (κ1) is 9.73. The normalized spacial score (nSPS) is 11.1. The van der Waals surface area contributed by atoms with Gasteiger partial charge in [0.2, 0.25) is 0 Å². The van der Waals surface area contributed by atoms with Gasteiger partial charge in [0.15, 0.2) is 0 Å². The molecule has 0 atom stereocenters. The van der Waals surface area contributed by atoms with E-state index in [1.54, 1.807) is 0 Å². The summed E-state index contributed by atoms with van der Waals surface area (Å²) in [4.78, 5) is 8.91. The van der Waals surface area contributed by atoms with E-state index in [9.17, 15) is 0 Å². The van der Waals surface area contributed by atoms with Gasteiger partial charge in [0.1, 0.15) is 0 Å². The summed E-state index contributed by atoms with van der Waals surface area (Å²) in [6.45, 7) is 2.00. The highest BCUT2D eigenvalue weighted by Crippen LogP contribution is 2.29. The number of halogens is 1. The Labute approximate surface area is 101 Å². The monoisotopic (exact) mass is 272 g/mol. The van der Waals surface area contributed by atoms with E-state index in [0.717, 1.165) is 32.0 Å². The van der Waals surface area contributed by atoms with Crippen LogP contribution in [0.2, 0.25) is 0 Å². The van der Waals surface area contributed by atoms with Crippen molar-refractivity contribution in [2.45, 2.75) is 6.92 Å². The van der Waals surface area contributed by atoms with Gasteiger partial charge in [-0.2, -0.15) is 0 Å². The van der Waals surface area contributed by atoms with Crippen molar-refractivity contribution in [3.63, 3.8) is 0 Å². The fourth-order valence-electron chi connectivity index (χ4n) is 1.90. The van der Waals surface area contributed by atoms with Gasteiger partial charge in [0, 0.05) is 27.1 Å². The fourth-order valence-corrected chi connectivity index (χ4v) is 2.42. The molecule has 16 heavy (non-hydrogen) atoms. The molecular formula is C13H9BrN2. The highest BCUT2D eigenvalue weighted by atomic mass is 79.9. The summed E-state index contributed by atoms with van der Waals surface area (Å²) in [7, 11) is 0. The predicted molar refractivity (Wildman–Crippen MR) is 69.5 cm³/mol. The Bertz CT molecular complexity index is 692. The first-order valence-electron chi connectivity index (χ1n) is 5.06. The minimum absolute atomic E-state index is 0.993. The number of pyridine rings is 2. The van der Waals surface area contributed by atoms with Crippen LogP contribution in [0, 0.1) is 6.92 Å². The zero-order valence-electron chi connectivity index (χ0n) is 8.74. The van der Waals surface area contributed by atoms with Crippen LogP contribution in [-0.2, 0) is 0 Å². The van der Waals surface area contributed by atoms with Crippen LogP contribution >= 0.6 is 15.9 Å². The third kappa shape index (κ3) is 1.39. The Kier molecular flexibility index (Phi) is 2.14. The van der Waals surface area contributed by atoms with Crippen LogP contribution in [0.5, 0.6) is 0 Å². The number of aromatic nitrogens is 2. The molecule has 0 aliphatic rings. The molecule has 0 spiro atoms. The van der Waals surface area contributed by atoms with Gasteiger partial charge in [-0.25, -0.2) is 0 Å². The van der Waals surface area contributed by atoms with Gasteiger partial charge in [0.05, 0.1) is 11.0 Å². The minimum Gasteiger partial charge on any atom is -0.256 e. The van der Waals surface area contributed by atoms with Crippen molar-refractivity contribution in [1.29, 1.82) is 0 Å². The molecule has 0 saturated carbocycles. The largest absolute Gasteiger partial charge is 0.256 e. The summed E-state index contributed by atoms with van der Waals surface area (Å²) in [5.41, 5.74) is 3.02. The maximum atomic E-state index is 4.55. The molecule has 2 heterocycles. The molecule has 3 aromatic rings. The molecule has 0 unspecified atom stereocenters. The first-order chi connectivity index (χ1) is 7.75. The Morgan fingerprint density at radius 2 is 2.00 bits per heavy atom. The zero-order chi connectivity index (χ0) is 11.1. The number of hydrogen-bond donors (Lipinski definition) is 0. The lowest BCUT2D eigenvalue weighted by molar-refractivity contribution is 1.25. The van der Waals surface area contributed by atoms with Crippen LogP contribution in [0.25, 0.3) is 21.8 Å². The zero-order valence-corrected chi connectivity index (χ0v) is 10.3. The minimum atomic E-state index is 0.993. The van der Waals surface area contributed by atoms with Gasteiger partial charge in [-0.3, -0.25) is 9.97 Å². The molecule has 2 nitrogen and oxygen atoms in total. The predicted octanol–water partition coefficient (Wildman–Crippen LogP) is 3.85. The summed E-state index contributed by atoms with van der Waals surface area (Å²) < 4.78 is 0.998. The Morgan fingerprint density at radius 1 is 1.12 bits per heavy atom. The maximum absolute atomic E-state index is 4.55. The molecule has 0 fully saturated rings. The lowest BCUT2D eigenvalue weighted by Crippen LogP contribution is -1.87. The van der Waals surface area contributed by atoms with Gasteiger partial charge in [-0.05, 0) is 41.1 Å². The average molecular weight is 273 g/mol. The van der Waals surface area contributed by atoms with E-state index in [-0.39, 0.29) is 0 Å². The number of rotatable bonds is 0. The molecule has 0 aliphatic heterocycles. The molecule has 3 rings (SSSR count). The molecule has 1 aromatic carbocycles.